The number of carboxylic acids is 1. The smallest absolute Gasteiger partial charge is 0.306 e. The van der Waals surface area contributed by atoms with Crippen LogP contribution in [0.4, 0.5) is 0 Å². The van der Waals surface area contributed by atoms with Gasteiger partial charge in [0.1, 0.15) is 0 Å². The lowest BCUT2D eigenvalue weighted by molar-refractivity contribution is -0.144. The van der Waals surface area contributed by atoms with E-state index < -0.39 is 5.97 Å². The molecule has 4 heteroatoms. The molecule has 4 nitrogen and oxygen atoms in total. The quantitative estimate of drug-likeness (QED) is 0.879. The van der Waals surface area contributed by atoms with Crippen molar-refractivity contribution in [2.45, 2.75) is 50.5 Å². The van der Waals surface area contributed by atoms with Crippen molar-refractivity contribution in [1.82, 2.24) is 5.32 Å². The van der Waals surface area contributed by atoms with Crippen LogP contribution in [0.1, 0.15) is 44.1 Å². The number of amides is 1. The van der Waals surface area contributed by atoms with Gasteiger partial charge < -0.3 is 10.4 Å². The molecule has 2 saturated carbocycles. The van der Waals surface area contributed by atoms with Gasteiger partial charge in [0.25, 0.3) is 0 Å². The second-order valence-electron chi connectivity index (χ2n) is 6.83. The van der Waals surface area contributed by atoms with Crippen molar-refractivity contribution in [3.05, 3.63) is 35.9 Å². The van der Waals surface area contributed by atoms with Crippen molar-refractivity contribution in [3.63, 3.8) is 0 Å². The number of carboxylic acid groups (broad SMARTS) is 1. The molecule has 1 aromatic rings. The molecule has 2 aliphatic carbocycles. The summed E-state index contributed by atoms with van der Waals surface area (Å²) in [7, 11) is 0. The van der Waals surface area contributed by atoms with Crippen LogP contribution in [0.25, 0.3) is 0 Å². The van der Waals surface area contributed by atoms with Crippen LogP contribution < -0.4 is 5.32 Å². The van der Waals surface area contributed by atoms with Crippen molar-refractivity contribution < 1.29 is 14.7 Å². The maximum absolute atomic E-state index is 12.5. The summed E-state index contributed by atoms with van der Waals surface area (Å²) in [5, 5.41) is 12.4. The van der Waals surface area contributed by atoms with E-state index in [-0.39, 0.29) is 23.3 Å². The molecular weight excluding hydrogens is 278 g/mol. The second kappa shape index (κ2) is 6.11. The van der Waals surface area contributed by atoms with Gasteiger partial charge in [0.15, 0.2) is 0 Å². The molecule has 1 aromatic carbocycles. The summed E-state index contributed by atoms with van der Waals surface area (Å²) in [6.07, 6.45) is 5.74. The molecule has 3 rings (SSSR count). The summed E-state index contributed by atoms with van der Waals surface area (Å²) in [6, 6.07) is 10.2. The highest BCUT2D eigenvalue weighted by atomic mass is 16.4. The molecule has 0 spiro atoms. The molecule has 2 unspecified atom stereocenters. The first-order valence-corrected chi connectivity index (χ1v) is 8.17. The van der Waals surface area contributed by atoms with Gasteiger partial charge in [-0.25, -0.2) is 0 Å². The van der Waals surface area contributed by atoms with Crippen LogP contribution in [-0.4, -0.2) is 22.5 Å². The van der Waals surface area contributed by atoms with Crippen LogP contribution in [0.3, 0.4) is 0 Å². The highest BCUT2D eigenvalue weighted by Gasteiger charge is 2.45. The fourth-order valence-electron chi connectivity index (χ4n) is 3.50. The Labute approximate surface area is 130 Å². The lowest BCUT2D eigenvalue weighted by atomic mass is 9.81. The van der Waals surface area contributed by atoms with E-state index in [4.69, 9.17) is 5.11 Å². The Balaban J connectivity index is 1.58. The average Bonchev–Trinajstić information content (AvgIpc) is 3.27. The fourth-order valence-corrected chi connectivity index (χ4v) is 3.50. The van der Waals surface area contributed by atoms with Crippen molar-refractivity contribution in [2.75, 3.05) is 0 Å². The Morgan fingerprint density at radius 1 is 1.14 bits per heavy atom. The molecule has 0 saturated heterocycles. The molecule has 2 fully saturated rings. The molecule has 1 amide bonds. The van der Waals surface area contributed by atoms with Crippen LogP contribution in [-0.2, 0) is 16.0 Å². The van der Waals surface area contributed by atoms with E-state index in [0.29, 0.717) is 12.8 Å². The zero-order valence-corrected chi connectivity index (χ0v) is 12.8. The number of benzene rings is 1. The van der Waals surface area contributed by atoms with Crippen LogP contribution >= 0.6 is 0 Å². The maximum atomic E-state index is 12.5. The van der Waals surface area contributed by atoms with Gasteiger partial charge in [0, 0.05) is 11.5 Å². The van der Waals surface area contributed by atoms with Crippen LogP contribution in [0.5, 0.6) is 0 Å². The Kier molecular flexibility index (Phi) is 4.19. The van der Waals surface area contributed by atoms with Gasteiger partial charge in [0.2, 0.25) is 5.91 Å². The van der Waals surface area contributed by atoms with E-state index in [2.05, 4.69) is 17.4 Å². The van der Waals surface area contributed by atoms with E-state index >= 15 is 0 Å². The molecule has 0 bridgehead atoms. The molecule has 0 radical (unpaired) electrons. The topological polar surface area (TPSA) is 66.4 Å². The van der Waals surface area contributed by atoms with Crippen molar-refractivity contribution in [1.29, 1.82) is 0 Å². The normalized spacial score (nSPS) is 26.2. The van der Waals surface area contributed by atoms with Gasteiger partial charge in [-0.15, -0.1) is 0 Å². The zero-order chi connectivity index (χ0) is 15.6. The largest absolute Gasteiger partial charge is 0.481 e. The number of hydrogen-bond acceptors (Lipinski definition) is 2. The van der Waals surface area contributed by atoms with Gasteiger partial charge in [-0.3, -0.25) is 9.59 Å². The fraction of sp³-hybridized carbons (Fsp3) is 0.556. The number of carbonyl (C=O) groups is 2. The molecule has 2 N–H and O–H groups in total. The Bertz CT molecular complexity index is 551. The van der Waals surface area contributed by atoms with E-state index in [1.807, 2.05) is 18.2 Å². The first-order valence-electron chi connectivity index (χ1n) is 8.17. The summed E-state index contributed by atoms with van der Waals surface area (Å²) < 4.78 is 0. The van der Waals surface area contributed by atoms with Crippen molar-refractivity contribution >= 4 is 11.9 Å². The molecule has 0 aliphatic heterocycles. The predicted molar refractivity (Wildman–Crippen MR) is 83.3 cm³/mol. The number of hydrogen-bond donors (Lipinski definition) is 2. The molecule has 2 atom stereocenters. The summed E-state index contributed by atoms with van der Waals surface area (Å²) in [5.41, 5.74) is 1.15. The highest BCUT2D eigenvalue weighted by molar-refractivity contribution is 5.81. The van der Waals surface area contributed by atoms with E-state index in [1.54, 1.807) is 0 Å². The minimum absolute atomic E-state index is 0.0550. The number of nitrogens with one attached hydrogen (secondary N) is 1. The summed E-state index contributed by atoms with van der Waals surface area (Å²) in [6.45, 7) is 0. The van der Waals surface area contributed by atoms with E-state index in [9.17, 15) is 9.59 Å². The van der Waals surface area contributed by atoms with Gasteiger partial charge in [0.05, 0.1) is 5.92 Å². The van der Waals surface area contributed by atoms with E-state index in [1.165, 1.54) is 5.56 Å². The minimum atomic E-state index is -0.761. The SMILES string of the molecule is O=C(O)C1CCCC(C(=O)NC2(Cc3ccccc3)CC2)C1. The monoisotopic (exact) mass is 301 g/mol. The predicted octanol–water partition coefficient (Wildman–Crippen LogP) is 2.77. The number of carbonyl (C=O) groups excluding carboxylic acids is 1. The molecule has 2 aliphatic rings. The molecule has 0 heterocycles. The van der Waals surface area contributed by atoms with Crippen LogP contribution in [0.2, 0.25) is 0 Å². The van der Waals surface area contributed by atoms with Crippen molar-refractivity contribution in [2.24, 2.45) is 11.8 Å². The average molecular weight is 301 g/mol. The first-order chi connectivity index (χ1) is 10.6. The van der Waals surface area contributed by atoms with Gasteiger partial charge in [-0.05, 0) is 44.1 Å². The minimum Gasteiger partial charge on any atom is -0.481 e. The zero-order valence-electron chi connectivity index (χ0n) is 12.8. The van der Waals surface area contributed by atoms with E-state index in [0.717, 1.165) is 32.1 Å². The third-order valence-electron chi connectivity index (χ3n) is 5.02. The van der Waals surface area contributed by atoms with Gasteiger partial charge in [-0.2, -0.15) is 0 Å². The standard InChI is InChI=1S/C18H23NO3/c20-16(14-7-4-8-15(11-14)17(21)22)19-18(9-10-18)12-13-5-2-1-3-6-13/h1-3,5-6,14-15H,4,7-12H2,(H,19,20)(H,21,22). The highest BCUT2D eigenvalue weighted by Crippen LogP contribution is 2.40. The molecule has 0 aromatic heterocycles. The van der Waals surface area contributed by atoms with Gasteiger partial charge >= 0.3 is 5.97 Å². The summed E-state index contributed by atoms with van der Waals surface area (Å²) in [5.74, 6) is -1.20. The molecule has 118 valence electrons. The maximum Gasteiger partial charge on any atom is 0.306 e. The Morgan fingerprint density at radius 2 is 1.82 bits per heavy atom. The van der Waals surface area contributed by atoms with Gasteiger partial charge in [-0.1, -0.05) is 36.8 Å². The third kappa shape index (κ3) is 3.49. The Morgan fingerprint density at radius 3 is 2.45 bits per heavy atom. The van der Waals surface area contributed by atoms with Crippen LogP contribution in [0, 0.1) is 11.8 Å². The Hall–Kier alpha value is -1.84. The third-order valence-corrected chi connectivity index (χ3v) is 5.02. The molecule has 22 heavy (non-hydrogen) atoms. The summed E-state index contributed by atoms with van der Waals surface area (Å²) >= 11 is 0. The number of aliphatic carboxylic acids is 1. The van der Waals surface area contributed by atoms with Crippen LogP contribution in [0.15, 0.2) is 30.3 Å². The van der Waals surface area contributed by atoms with Crippen molar-refractivity contribution in [3.8, 4) is 0 Å². The lowest BCUT2D eigenvalue weighted by Gasteiger charge is -2.28. The second-order valence-corrected chi connectivity index (χ2v) is 6.83. The lowest BCUT2D eigenvalue weighted by Crippen LogP contribution is -2.43. The molecular formula is C18H23NO3. The summed E-state index contributed by atoms with van der Waals surface area (Å²) in [4.78, 5) is 23.6. The number of rotatable bonds is 5. The first kappa shape index (κ1) is 15.1.